The summed E-state index contributed by atoms with van der Waals surface area (Å²) in [5.41, 5.74) is 3.63. The number of nitrogens with one attached hydrogen (secondary N) is 1. The van der Waals surface area contributed by atoms with Gasteiger partial charge in [0.2, 0.25) is 0 Å². The van der Waals surface area contributed by atoms with Gasteiger partial charge in [-0.1, -0.05) is 54.6 Å². The number of ether oxygens (including phenoxy) is 1. The summed E-state index contributed by atoms with van der Waals surface area (Å²) in [6.45, 7) is 7.25. The van der Waals surface area contributed by atoms with E-state index in [0.717, 1.165) is 25.6 Å². The van der Waals surface area contributed by atoms with Crippen LogP contribution < -0.4 is 5.32 Å². The van der Waals surface area contributed by atoms with Gasteiger partial charge in [0, 0.05) is 19.6 Å². The Hall–Kier alpha value is -1.60. The minimum absolute atomic E-state index is 0. The van der Waals surface area contributed by atoms with Crippen LogP contribution >= 0.6 is 24.0 Å². The Bertz CT molecular complexity index is 682. The lowest BCUT2D eigenvalue weighted by atomic mass is 10.1. The highest BCUT2D eigenvalue weighted by molar-refractivity contribution is 14.0. The molecule has 5 heteroatoms. The van der Waals surface area contributed by atoms with E-state index < -0.39 is 0 Å². The number of hydrogen-bond donors (Lipinski definition) is 1. The molecule has 0 radical (unpaired) electrons. The number of aliphatic imine (C=N–C) groups is 1. The van der Waals surface area contributed by atoms with Crippen LogP contribution in [0.5, 0.6) is 0 Å². The Morgan fingerprint density at radius 2 is 1.52 bits per heavy atom. The molecule has 0 unspecified atom stereocenters. The molecule has 1 N–H and O–H groups in total. The highest BCUT2D eigenvalue weighted by atomic mass is 127. The van der Waals surface area contributed by atoms with Gasteiger partial charge in [0.05, 0.1) is 19.8 Å². The molecule has 0 atom stereocenters. The fourth-order valence-electron chi connectivity index (χ4n) is 3.12. The van der Waals surface area contributed by atoms with Gasteiger partial charge in [0.1, 0.15) is 0 Å². The van der Waals surface area contributed by atoms with Crippen LogP contribution in [0.4, 0.5) is 0 Å². The van der Waals surface area contributed by atoms with Crippen LogP contribution in [-0.2, 0) is 24.5 Å². The van der Waals surface area contributed by atoms with Gasteiger partial charge >= 0.3 is 0 Å². The molecule has 0 saturated carbocycles. The largest absolute Gasteiger partial charge is 0.372 e. The van der Waals surface area contributed by atoms with Crippen molar-refractivity contribution in [2.45, 2.75) is 39.5 Å². The maximum atomic E-state index is 5.80. The molecule has 27 heavy (non-hydrogen) atoms. The predicted octanol–water partition coefficient (Wildman–Crippen LogP) is 4.58. The van der Waals surface area contributed by atoms with Crippen molar-refractivity contribution < 1.29 is 4.74 Å². The van der Waals surface area contributed by atoms with Gasteiger partial charge in [-0.05, 0) is 36.5 Å². The van der Waals surface area contributed by atoms with E-state index in [0.29, 0.717) is 19.8 Å². The molecule has 3 rings (SSSR count). The summed E-state index contributed by atoms with van der Waals surface area (Å²) in [7, 11) is 0. The third-order valence-corrected chi connectivity index (χ3v) is 4.56. The third kappa shape index (κ3) is 7.14. The van der Waals surface area contributed by atoms with Crippen molar-refractivity contribution in [2.24, 2.45) is 4.99 Å². The highest BCUT2D eigenvalue weighted by Gasteiger charge is 2.15. The molecule has 0 spiro atoms. The molecule has 0 aliphatic carbocycles. The summed E-state index contributed by atoms with van der Waals surface area (Å²) >= 11 is 0. The molecule has 1 aliphatic rings. The molecule has 0 aromatic heterocycles. The smallest absolute Gasteiger partial charge is 0.194 e. The predicted molar refractivity (Wildman–Crippen MR) is 122 cm³/mol. The van der Waals surface area contributed by atoms with Crippen molar-refractivity contribution in [3.8, 4) is 0 Å². The van der Waals surface area contributed by atoms with Crippen LogP contribution in [0.2, 0.25) is 0 Å². The maximum Gasteiger partial charge on any atom is 0.194 e. The van der Waals surface area contributed by atoms with Crippen LogP contribution in [0.25, 0.3) is 0 Å². The maximum absolute atomic E-state index is 5.80. The van der Waals surface area contributed by atoms with Gasteiger partial charge in [0.15, 0.2) is 5.96 Å². The summed E-state index contributed by atoms with van der Waals surface area (Å²) in [6.07, 6.45) is 2.53. The number of likely N-dealkylation sites (tertiary alicyclic amines) is 1. The molecule has 1 heterocycles. The molecule has 1 saturated heterocycles. The zero-order valence-corrected chi connectivity index (χ0v) is 18.4. The van der Waals surface area contributed by atoms with E-state index in [4.69, 9.17) is 9.73 Å². The molecule has 4 nitrogen and oxygen atoms in total. The van der Waals surface area contributed by atoms with Crippen molar-refractivity contribution in [2.75, 3.05) is 19.6 Å². The SMILES string of the molecule is CCNC(=NCc1ccc(COCc2ccccc2)cc1)N1CCCC1.I. The third-order valence-electron chi connectivity index (χ3n) is 4.56. The average Bonchev–Trinajstić information content (AvgIpc) is 3.22. The van der Waals surface area contributed by atoms with E-state index in [1.165, 1.54) is 29.5 Å². The van der Waals surface area contributed by atoms with E-state index in [1.54, 1.807) is 0 Å². The van der Waals surface area contributed by atoms with Crippen molar-refractivity contribution >= 4 is 29.9 Å². The molecular formula is C22H30IN3O. The van der Waals surface area contributed by atoms with Crippen LogP contribution in [-0.4, -0.2) is 30.5 Å². The zero-order valence-electron chi connectivity index (χ0n) is 16.1. The topological polar surface area (TPSA) is 36.9 Å². The molecule has 1 fully saturated rings. The zero-order chi connectivity index (χ0) is 18.0. The highest BCUT2D eigenvalue weighted by Crippen LogP contribution is 2.11. The van der Waals surface area contributed by atoms with Gasteiger partial charge in [-0.15, -0.1) is 24.0 Å². The van der Waals surface area contributed by atoms with E-state index in [9.17, 15) is 0 Å². The van der Waals surface area contributed by atoms with Crippen LogP contribution in [0, 0.1) is 0 Å². The standard InChI is InChI=1S/C22H29N3O.HI/c1-2-23-22(25-14-6-7-15-25)24-16-19-10-12-21(13-11-19)18-26-17-20-8-4-3-5-9-20;/h3-5,8-13H,2,6-7,14-18H2,1H3,(H,23,24);1H. The van der Waals surface area contributed by atoms with E-state index in [-0.39, 0.29) is 24.0 Å². The lowest BCUT2D eigenvalue weighted by Gasteiger charge is -2.20. The van der Waals surface area contributed by atoms with Crippen molar-refractivity contribution in [3.63, 3.8) is 0 Å². The second-order valence-corrected chi connectivity index (χ2v) is 6.66. The molecule has 2 aromatic rings. The number of benzene rings is 2. The van der Waals surface area contributed by atoms with Crippen LogP contribution in [0.3, 0.4) is 0 Å². The second kappa shape index (κ2) is 12.0. The Kier molecular flexibility index (Phi) is 9.62. The fourth-order valence-corrected chi connectivity index (χ4v) is 3.12. The minimum atomic E-state index is 0. The molecule has 0 amide bonds. The summed E-state index contributed by atoms with van der Waals surface area (Å²) in [5, 5.41) is 3.41. The lowest BCUT2D eigenvalue weighted by Crippen LogP contribution is -2.39. The summed E-state index contributed by atoms with van der Waals surface area (Å²) < 4.78 is 5.80. The summed E-state index contributed by atoms with van der Waals surface area (Å²) in [4.78, 5) is 7.15. The number of rotatable bonds is 7. The molecule has 146 valence electrons. The van der Waals surface area contributed by atoms with Gasteiger partial charge in [-0.2, -0.15) is 0 Å². The van der Waals surface area contributed by atoms with Gasteiger partial charge < -0.3 is 15.0 Å². The molecular weight excluding hydrogens is 449 g/mol. The first-order valence-electron chi connectivity index (χ1n) is 9.58. The van der Waals surface area contributed by atoms with E-state index in [1.807, 2.05) is 18.2 Å². The van der Waals surface area contributed by atoms with Crippen LogP contribution in [0.15, 0.2) is 59.6 Å². The number of nitrogens with zero attached hydrogens (tertiary/aromatic N) is 2. The monoisotopic (exact) mass is 479 g/mol. The minimum Gasteiger partial charge on any atom is -0.372 e. The first-order chi connectivity index (χ1) is 12.8. The fraction of sp³-hybridized carbons (Fsp3) is 0.409. The van der Waals surface area contributed by atoms with Crippen molar-refractivity contribution in [1.29, 1.82) is 0 Å². The molecule has 0 bridgehead atoms. The second-order valence-electron chi connectivity index (χ2n) is 6.66. The Morgan fingerprint density at radius 1 is 0.926 bits per heavy atom. The summed E-state index contributed by atoms with van der Waals surface area (Å²) in [6, 6.07) is 18.9. The number of guanidine groups is 1. The normalized spacial score (nSPS) is 14.1. The number of hydrogen-bond acceptors (Lipinski definition) is 2. The summed E-state index contributed by atoms with van der Waals surface area (Å²) in [5.74, 6) is 1.04. The quantitative estimate of drug-likeness (QED) is 0.359. The van der Waals surface area contributed by atoms with Crippen molar-refractivity contribution in [3.05, 3.63) is 71.3 Å². The van der Waals surface area contributed by atoms with Crippen molar-refractivity contribution in [1.82, 2.24) is 10.2 Å². The number of halogens is 1. The van der Waals surface area contributed by atoms with Crippen LogP contribution in [0.1, 0.15) is 36.5 Å². The Morgan fingerprint density at radius 3 is 2.15 bits per heavy atom. The first kappa shape index (κ1) is 21.7. The Labute approximate surface area is 180 Å². The van der Waals surface area contributed by atoms with Gasteiger partial charge in [0.25, 0.3) is 0 Å². The molecule has 1 aliphatic heterocycles. The Balaban J connectivity index is 0.00000261. The van der Waals surface area contributed by atoms with E-state index in [2.05, 4.69) is 53.5 Å². The lowest BCUT2D eigenvalue weighted by molar-refractivity contribution is 0.107. The average molecular weight is 479 g/mol. The molecule has 2 aromatic carbocycles. The first-order valence-corrected chi connectivity index (χ1v) is 9.58. The van der Waals surface area contributed by atoms with Gasteiger partial charge in [-0.3, -0.25) is 0 Å². The van der Waals surface area contributed by atoms with E-state index >= 15 is 0 Å². The van der Waals surface area contributed by atoms with Gasteiger partial charge in [-0.25, -0.2) is 4.99 Å².